The summed E-state index contributed by atoms with van der Waals surface area (Å²) in [6.07, 6.45) is 2.23. The van der Waals surface area contributed by atoms with E-state index in [-0.39, 0.29) is 24.3 Å². The second-order valence-corrected chi connectivity index (χ2v) is 4.88. The van der Waals surface area contributed by atoms with Gasteiger partial charge in [0.05, 0.1) is 5.92 Å². The Hall–Kier alpha value is -1.10. The number of hydrogen-bond donors (Lipinski definition) is 1. The van der Waals surface area contributed by atoms with Gasteiger partial charge in [-0.05, 0) is 31.6 Å². The molecule has 1 saturated carbocycles. The Bertz CT molecular complexity index is 314. The van der Waals surface area contributed by atoms with Crippen LogP contribution in [0, 0.1) is 17.8 Å². The lowest BCUT2D eigenvalue weighted by atomic mass is 9.92. The van der Waals surface area contributed by atoms with Gasteiger partial charge in [0.1, 0.15) is 6.61 Å². The summed E-state index contributed by atoms with van der Waals surface area (Å²) in [4.78, 5) is 24.6. The zero-order chi connectivity index (χ0) is 12.4. The molecule has 2 fully saturated rings. The SMILES string of the molecule is CCOCC(=O)N1C[C@@H](C(=O)O)[C@H](C2CC2)C1. The molecule has 17 heavy (non-hydrogen) atoms. The number of hydrogen-bond acceptors (Lipinski definition) is 3. The fourth-order valence-electron chi connectivity index (χ4n) is 2.58. The Morgan fingerprint density at radius 3 is 2.59 bits per heavy atom. The molecule has 0 spiro atoms. The highest BCUT2D eigenvalue weighted by Gasteiger charge is 2.46. The predicted molar refractivity (Wildman–Crippen MR) is 60.4 cm³/mol. The van der Waals surface area contributed by atoms with Gasteiger partial charge in [0.15, 0.2) is 0 Å². The second-order valence-electron chi connectivity index (χ2n) is 4.88. The Morgan fingerprint density at radius 1 is 1.35 bits per heavy atom. The molecule has 0 unspecified atom stereocenters. The summed E-state index contributed by atoms with van der Waals surface area (Å²) in [7, 11) is 0. The maximum atomic E-state index is 11.8. The van der Waals surface area contributed by atoms with Crippen LogP contribution < -0.4 is 0 Å². The summed E-state index contributed by atoms with van der Waals surface area (Å²) in [6, 6.07) is 0. The first kappa shape index (κ1) is 12.4. The van der Waals surface area contributed by atoms with Gasteiger partial charge in [-0.1, -0.05) is 0 Å². The molecular formula is C12H19NO4. The molecule has 1 aliphatic carbocycles. The van der Waals surface area contributed by atoms with Gasteiger partial charge in [0.2, 0.25) is 5.91 Å². The third-order valence-corrected chi connectivity index (χ3v) is 3.69. The number of carbonyl (C=O) groups excluding carboxylic acids is 1. The molecule has 1 N–H and O–H groups in total. The molecule has 2 atom stereocenters. The first-order valence-corrected chi connectivity index (χ1v) is 6.21. The third-order valence-electron chi connectivity index (χ3n) is 3.69. The third kappa shape index (κ3) is 2.77. The Balaban J connectivity index is 1.93. The van der Waals surface area contributed by atoms with Crippen LogP contribution in [0.5, 0.6) is 0 Å². The summed E-state index contributed by atoms with van der Waals surface area (Å²) in [5.41, 5.74) is 0. The number of ether oxygens (including phenoxy) is 1. The van der Waals surface area contributed by atoms with Crippen LogP contribution in [0.2, 0.25) is 0 Å². The van der Waals surface area contributed by atoms with E-state index in [0.29, 0.717) is 25.6 Å². The summed E-state index contributed by atoms with van der Waals surface area (Å²) in [6.45, 7) is 3.36. The standard InChI is InChI=1S/C12H19NO4/c1-2-17-7-11(14)13-5-9(8-3-4-8)10(6-13)12(15)16/h8-10H,2-7H2,1H3,(H,15,16)/t9-,10+/m0/s1. The number of nitrogens with zero attached hydrogens (tertiary/aromatic N) is 1. The molecule has 0 aromatic rings. The van der Waals surface area contributed by atoms with E-state index in [1.165, 1.54) is 0 Å². The zero-order valence-corrected chi connectivity index (χ0v) is 10.1. The molecule has 0 radical (unpaired) electrons. The van der Waals surface area contributed by atoms with Crippen molar-refractivity contribution in [3.8, 4) is 0 Å². The van der Waals surface area contributed by atoms with Crippen LogP contribution in [0.15, 0.2) is 0 Å². The number of likely N-dealkylation sites (tertiary alicyclic amines) is 1. The number of carboxylic acids is 1. The van der Waals surface area contributed by atoms with Gasteiger partial charge in [0.25, 0.3) is 0 Å². The van der Waals surface area contributed by atoms with Crippen molar-refractivity contribution in [1.29, 1.82) is 0 Å². The van der Waals surface area contributed by atoms with E-state index in [9.17, 15) is 9.59 Å². The van der Waals surface area contributed by atoms with Crippen molar-refractivity contribution >= 4 is 11.9 Å². The summed E-state index contributed by atoms with van der Waals surface area (Å²) >= 11 is 0. The highest BCUT2D eigenvalue weighted by atomic mass is 16.5. The van der Waals surface area contributed by atoms with Gasteiger partial charge in [0, 0.05) is 19.7 Å². The molecule has 0 aromatic carbocycles. The topological polar surface area (TPSA) is 66.8 Å². The lowest BCUT2D eigenvalue weighted by molar-refractivity contribution is -0.143. The molecule has 5 nitrogen and oxygen atoms in total. The van der Waals surface area contributed by atoms with Crippen LogP contribution in [0.1, 0.15) is 19.8 Å². The fraction of sp³-hybridized carbons (Fsp3) is 0.833. The van der Waals surface area contributed by atoms with Crippen molar-refractivity contribution in [1.82, 2.24) is 4.90 Å². The number of rotatable bonds is 5. The van der Waals surface area contributed by atoms with Crippen molar-refractivity contribution in [2.24, 2.45) is 17.8 Å². The molecule has 1 amide bonds. The molecule has 1 heterocycles. The highest BCUT2D eigenvalue weighted by molar-refractivity contribution is 5.80. The molecule has 1 aliphatic heterocycles. The normalized spacial score (nSPS) is 28.4. The molecule has 0 bridgehead atoms. The van der Waals surface area contributed by atoms with E-state index in [0.717, 1.165) is 12.8 Å². The van der Waals surface area contributed by atoms with Crippen LogP contribution >= 0.6 is 0 Å². The number of carboxylic acid groups (broad SMARTS) is 1. The van der Waals surface area contributed by atoms with Crippen molar-refractivity contribution in [2.45, 2.75) is 19.8 Å². The number of aliphatic carboxylic acids is 1. The maximum Gasteiger partial charge on any atom is 0.308 e. The average molecular weight is 241 g/mol. The van der Waals surface area contributed by atoms with E-state index in [2.05, 4.69) is 0 Å². The fourth-order valence-corrected chi connectivity index (χ4v) is 2.58. The first-order valence-electron chi connectivity index (χ1n) is 6.21. The van der Waals surface area contributed by atoms with Gasteiger partial charge in [-0.3, -0.25) is 9.59 Å². The first-order chi connectivity index (χ1) is 8.13. The van der Waals surface area contributed by atoms with Crippen LogP contribution in [-0.2, 0) is 14.3 Å². The van der Waals surface area contributed by atoms with E-state index in [1.807, 2.05) is 6.92 Å². The van der Waals surface area contributed by atoms with Crippen molar-refractivity contribution in [3.05, 3.63) is 0 Å². The summed E-state index contributed by atoms with van der Waals surface area (Å²) in [5.74, 6) is -0.568. The van der Waals surface area contributed by atoms with E-state index in [1.54, 1.807) is 4.90 Å². The van der Waals surface area contributed by atoms with Gasteiger partial charge in [-0.25, -0.2) is 0 Å². The number of carbonyl (C=O) groups is 2. The number of amides is 1. The van der Waals surface area contributed by atoms with Crippen LogP contribution in [0.4, 0.5) is 0 Å². The van der Waals surface area contributed by atoms with Crippen molar-refractivity contribution in [2.75, 3.05) is 26.3 Å². The molecular weight excluding hydrogens is 222 g/mol. The quantitative estimate of drug-likeness (QED) is 0.765. The molecule has 2 rings (SSSR count). The second kappa shape index (κ2) is 5.04. The molecule has 2 aliphatic rings. The van der Waals surface area contributed by atoms with Gasteiger partial charge < -0.3 is 14.7 Å². The highest BCUT2D eigenvalue weighted by Crippen LogP contribution is 2.44. The monoisotopic (exact) mass is 241 g/mol. The molecule has 0 aromatic heterocycles. The minimum atomic E-state index is -0.770. The average Bonchev–Trinajstić information content (AvgIpc) is 3.04. The van der Waals surface area contributed by atoms with E-state index < -0.39 is 5.97 Å². The van der Waals surface area contributed by atoms with Crippen molar-refractivity contribution in [3.63, 3.8) is 0 Å². The van der Waals surface area contributed by atoms with Crippen molar-refractivity contribution < 1.29 is 19.4 Å². The summed E-state index contributed by atoms with van der Waals surface area (Å²) in [5, 5.41) is 9.17. The smallest absolute Gasteiger partial charge is 0.308 e. The Kier molecular flexibility index (Phi) is 3.66. The van der Waals surface area contributed by atoms with Gasteiger partial charge in [-0.2, -0.15) is 0 Å². The Morgan fingerprint density at radius 2 is 2.06 bits per heavy atom. The van der Waals surface area contributed by atoms with Crippen LogP contribution in [0.25, 0.3) is 0 Å². The minimum Gasteiger partial charge on any atom is -0.481 e. The Labute approximate surface area is 101 Å². The minimum absolute atomic E-state index is 0.0697. The lowest BCUT2D eigenvalue weighted by Crippen LogP contribution is -2.33. The zero-order valence-electron chi connectivity index (χ0n) is 10.1. The molecule has 96 valence electrons. The van der Waals surface area contributed by atoms with Crippen LogP contribution in [-0.4, -0.2) is 48.2 Å². The predicted octanol–water partition coefficient (Wildman–Crippen LogP) is 0.592. The molecule has 5 heteroatoms. The van der Waals surface area contributed by atoms with Gasteiger partial charge in [-0.15, -0.1) is 0 Å². The van der Waals surface area contributed by atoms with Crippen LogP contribution in [0.3, 0.4) is 0 Å². The lowest BCUT2D eigenvalue weighted by Gasteiger charge is -2.15. The van der Waals surface area contributed by atoms with E-state index in [4.69, 9.17) is 9.84 Å². The largest absolute Gasteiger partial charge is 0.481 e. The van der Waals surface area contributed by atoms with E-state index >= 15 is 0 Å². The summed E-state index contributed by atoms with van der Waals surface area (Å²) < 4.78 is 5.08. The maximum absolute atomic E-state index is 11.8. The van der Waals surface area contributed by atoms with Gasteiger partial charge >= 0.3 is 5.97 Å². The molecule has 1 saturated heterocycles.